The fourth-order valence-corrected chi connectivity index (χ4v) is 4.87. The van der Waals surface area contributed by atoms with Gasteiger partial charge < -0.3 is 19.4 Å². The van der Waals surface area contributed by atoms with Gasteiger partial charge in [0.05, 0.1) is 18.7 Å². The first kappa shape index (κ1) is 23.8. The molecular weight excluding hydrogens is 464 g/mol. The maximum atomic E-state index is 13.6. The molecule has 1 saturated heterocycles. The summed E-state index contributed by atoms with van der Waals surface area (Å²) in [5.41, 5.74) is 3.79. The van der Waals surface area contributed by atoms with Gasteiger partial charge >= 0.3 is 0 Å². The van der Waals surface area contributed by atoms with Gasteiger partial charge in [0, 0.05) is 60.4 Å². The van der Waals surface area contributed by atoms with Crippen LogP contribution in [0.3, 0.4) is 0 Å². The molecule has 1 fully saturated rings. The first-order valence-corrected chi connectivity index (χ1v) is 12.2. The molecule has 3 heterocycles. The second-order valence-electron chi connectivity index (χ2n) is 9.39. The van der Waals surface area contributed by atoms with Crippen molar-refractivity contribution in [3.8, 4) is 0 Å². The van der Waals surface area contributed by atoms with Gasteiger partial charge in [0.25, 0.3) is 5.91 Å². The number of hydrogen-bond donors (Lipinski definition) is 1. The Morgan fingerprint density at radius 2 is 1.83 bits per heavy atom. The minimum absolute atomic E-state index is 0.146. The molecule has 0 unspecified atom stereocenters. The number of nitrogens with zero attached hydrogens (tertiary/aromatic N) is 3. The molecule has 0 atom stereocenters. The van der Waals surface area contributed by atoms with Gasteiger partial charge in [-0.1, -0.05) is 23.7 Å². The van der Waals surface area contributed by atoms with E-state index in [9.17, 15) is 9.59 Å². The fraction of sp³-hybridized carbons (Fsp3) is 0.333. The summed E-state index contributed by atoms with van der Waals surface area (Å²) in [6.07, 6.45) is 1.69. The van der Waals surface area contributed by atoms with Gasteiger partial charge in [-0.2, -0.15) is 0 Å². The number of carbonyl (C=O) groups excluding carboxylic acids is 1. The molecule has 35 heavy (non-hydrogen) atoms. The number of aromatic nitrogens is 1. The Morgan fingerprint density at radius 1 is 1.09 bits per heavy atom. The van der Waals surface area contributed by atoms with Crippen molar-refractivity contribution in [2.75, 3.05) is 40.4 Å². The largest absolute Gasteiger partial charge is 0.379 e. The summed E-state index contributed by atoms with van der Waals surface area (Å²) in [7, 11) is 4.01. The normalized spacial score (nSPS) is 14.9. The quantitative estimate of drug-likeness (QED) is 0.428. The Labute approximate surface area is 209 Å². The van der Waals surface area contributed by atoms with Crippen LogP contribution >= 0.6 is 11.6 Å². The van der Waals surface area contributed by atoms with Crippen molar-refractivity contribution in [3.63, 3.8) is 0 Å². The molecule has 5 rings (SSSR count). The Hall–Kier alpha value is -2.97. The van der Waals surface area contributed by atoms with E-state index in [4.69, 9.17) is 16.3 Å². The maximum Gasteiger partial charge on any atom is 0.257 e. The second kappa shape index (κ2) is 9.95. The van der Waals surface area contributed by atoms with Crippen LogP contribution in [-0.4, -0.2) is 60.5 Å². The van der Waals surface area contributed by atoms with Gasteiger partial charge in [0.1, 0.15) is 5.56 Å². The number of rotatable bonds is 7. The number of pyridine rings is 1. The van der Waals surface area contributed by atoms with Crippen LogP contribution in [0.1, 0.15) is 27.2 Å². The molecule has 0 bridgehead atoms. The van der Waals surface area contributed by atoms with Crippen molar-refractivity contribution in [3.05, 3.63) is 86.3 Å². The molecule has 0 radical (unpaired) electrons. The number of amides is 1. The van der Waals surface area contributed by atoms with E-state index in [1.807, 2.05) is 36.7 Å². The van der Waals surface area contributed by atoms with E-state index in [0.29, 0.717) is 23.5 Å². The van der Waals surface area contributed by atoms with Crippen LogP contribution in [0.15, 0.2) is 53.5 Å². The molecule has 2 aromatic carbocycles. The summed E-state index contributed by atoms with van der Waals surface area (Å²) in [6, 6.07) is 13.5. The Kier molecular flexibility index (Phi) is 6.75. The van der Waals surface area contributed by atoms with Crippen LogP contribution in [0.25, 0.3) is 16.3 Å². The van der Waals surface area contributed by atoms with Crippen LogP contribution in [0.2, 0.25) is 5.02 Å². The summed E-state index contributed by atoms with van der Waals surface area (Å²) in [4.78, 5) is 31.1. The number of benzene rings is 2. The number of morpholine rings is 1. The maximum absolute atomic E-state index is 13.6. The molecule has 0 saturated carbocycles. The molecule has 8 heteroatoms. The van der Waals surface area contributed by atoms with Crippen molar-refractivity contribution in [1.29, 1.82) is 0 Å². The number of hydrogen-bond acceptors (Lipinski definition) is 5. The first-order chi connectivity index (χ1) is 16.9. The first-order valence-electron chi connectivity index (χ1n) is 11.8. The third kappa shape index (κ3) is 5.04. The third-order valence-corrected chi connectivity index (χ3v) is 6.67. The van der Waals surface area contributed by atoms with Crippen LogP contribution in [0.5, 0.6) is 0 Å². The van der Waals surface area contributed by atoms with E-state index in [1.165, 1.54) is 0 Å². The standard InChI is InChI=1S/C27H29ClN4O3/c1-30(2)16-22-13-20-11-19(15-31-7-9-35-10-8-31)12-23-25(20)32(22)17-24(26(23)33)27(34)29-14-18-3-5-21(28)6-4-18/h3-6,11-13,17H,7-10,14-16H2,1-2H3,(H,29,34). The van der Waals surface area contributed by atoms with Crippen molar-refractivity contribution in [2.45, 2.75) is 19.6 Å². The molecule has 0 spiro atoms. The van der Waals surface area contributed by atoms with Gasteiger partial charge in [-0.15, -0.1) is 0 Å². The molecule has 1 aliphatic rings. The third-order valence-electron chi connectivity index (χ3n) is 6.42. The predicted octanol–water partition coefficient (Wildman–Crippen LogP) is 3.37. The van der Waals surface area contributed by atoms with Gasteiger partial charge in [0.2, 0.25) is 5.43 Å². The lowest BCUT2D eigenvalue weighted by atomic mass is 10.0. The Balaban J connectivity index is 1.54. The second-order valence-corrected chi connectivity index (χ2v) is 9.83. The van der Waals surface area contributed by atoms with E-state index in [1.54, 1.807) is 18.3 Å². The molecule has 1 aliphatic heterocycles. The molecule has 4 aromatic rings. The fourth-order valence-electron chi connectivity index (χ4n) is 4.74. The van der Waals surface area contributed by atoms with Gasteiger partial charge in [-0.3, -0.25) is 14.5 Å². The minimum Gasteiger partial charge on any atom is -0.379 e. The molecule has 1 amide bonds. The SMILES string of the molecule is CN(C)Cc1cc2cc(CN3CCOCC3)cc3c(=O)c(C(=O)NCc4ccc(Cl)cc4)cn1c23. The predicted molar refractivity (Wildman–Crippen MR) is 138 cm³/mol. The van der Waals surface area contributed by atoms with Crippen molar-refractivity contribution >= 4 is 33.8 Å². The summed E-state index contributed by atoms with van der Waals surface area (Å²) in [5.74, 6) is -0.383. The average molecular weight is 493 g/mol. The van der Waals surface area contributed by atoms with Crippen molar-refractivity contribution in [1.82, 2.24) is 19.5 Å². The van der Waals surface area contributed by atoms with Crippen LogP contribution in [0, 0.1) is 0 Å². The lowest BCUT2D eigenvalue weighted by Gasteiger charge is -2.26. The lowest BCUT2D eigenvalue weighted by Crippen LogP contribution is -2.35. The van der Waals surface area contributed by atoms with Crippen LogP contribution in [-0.2, 0) is 24.4 Å². The van der Waals surface area contributed by atoms with E-state index in [-0.39, 0.29) is 16.9 Å². The number of carbonyl (C=O) groups is 1. The van der Waals surface area contributed by atoms with Crippen molar-refractivity contribution < 1.29 is 9.53 Å². The van der Waals surface area contributed by atoms with E-state index in [2.05, 4.69) is 27.2 Å². The molecule has 182 valence electrons. The highest BCUT2D eigenvalue weighted by molar-refractivity contribution is 6.30. The summed E-state index contributed by atoms with van der Waals surface area (Å²) >= 11 is 5.96. The number of halogens is 1. The minimum atomic E-state index is -0.383. The number of ether oxygens (including phenoxy) is 1. The van der Waals surface area contributed by atoms with E-state index in [0.717, 1.165) is 60.6 Å². The lowest BCUT2D eigenvalue weighted by molar-refractivity contribution is 0.0342. The summed E-state index contributed by atoms with van der Waals surface area (Å²) in [5, 5.41) is 5.14. The molecule has 0 aliphatic carbocycles. The molecule has 7 nitrogen and oxygen atoms in total. The molecule has 2 aromatic heterocycles. The summed E-state index contributed by atoms with van der Waals surface area (Å²) in [6.45, 7) is 4.93. The number of nitrogens with one attached hydrogen (secondary N) is 1. The Bertz CT molecular complexity index is 1410. The van der Waals surface area contributed by atoms with Crippen LogP contribution < -0.4 is 10.7 Å². The van der Waals surface area contributed by atoms with Gasteiger partial charge in [-0.25, -0.2) is 0 Å². The molecule has 1 N–H and O–H groups in total. The zero-order chi connectivity index (χ0) is 24.5. The topological polar surface area (TPSA) is 66.3 Å². The van der Waals surface area contributed by atoms with E-state index >= 15 is 0 Å². The van der Waals surface area contributed by atoms with Gasteiger partial charge in [-0.05, 0) is 55.6 Å². The Morgan fingerprint density at radius 3 is 2.54 bits per heavy atom. The van der Waals surface area contributed by atoms with Gasteiger partial charge in [0.15, 0.2) is 0 Å². The summed E-state index contributed by atoms with van der Waals surface area (Å²) < 4.78 is 7.48. The molecular formula is C27H29ClN4O3. The van der Waals surface area contributed by atoms with Crippen molar-refractivity contribution in [2.24, 2.45) is 0 Å². The smallest absolute Gasteiger partial charge is 0.257 e. The highest BCUT2D eigenvalue weighted by Gasteiger charge is 2.20. The zero-order valence-corrected chi connectivity index (χ0v) is 20.8. The highest BCUT2D eigenvalue weighted by atomic mass is 35.5. The van der Waals surface area contributed by atoms with E-state index < -0.39 is 0 Å². The highest BCUT2D eigenvalue weighted by Crippen LogP contribution is 2.27. The zero-order valence-electron chi connectivity index (χ0n) is 20.0. The monoisotopic (exact) mass is 492 g/mol. The van der Waals surface area contributed by atoms with Crippen LogP contribution in [0.4, 0.5) is 0 Å². The average Bonchev–Trinajstić information content (AvgIpc) is 3.17.